The minimum atomic E-state index is -0.575. The largest absolute Gasteiger partial charge is 0.507 e. The summed E-state index contributed by atoms with van der Waals surface area (Å²) in [6, 6.07) is 4.89. The summed E-state index contributed by atoms with van der Waals surface area (Å²) in [5, 5.41) is 10.5. The molecule has 23 heavy (non-hydrogen) atoms. The molecular weight excluding hydrogens is 292 g/mol. The van der Waals surface area contributed by atoms with Crippen molar-refractivity contribution in [2.75, 3.05) is 0 Å². The molecule has 1 unspecified atom stereocenters. The summed E-state index contributed by atoms with van der Waals surface area (Å²) in [6.07, 6.45) is 4.80. The van der Waals surface area contributed by atoms with Gasteiger partial charge in [-0.25, -0.2) is 4.79 Å². The maximum atomic E-state index is 12.5. The molecule has 4 nitrogen and oxygen atoms in total. The van der Waals surface area contributed by atoms with E-state index in [1.807, 2.05) is 0 Å². The predicted molar refractivity (Wildman–Crippen MR) is 91.1 cm³/mol. The van der Waals surface area contributed by atoms with Crippen LogP contribution in [0.5, 0.6) is 5.75 Å². The normalized spacial score (nSPS) is 12.5. The second-order valence-electron chi connectivity index (χ2n) is 6.12. The first-order valence-corrected chi connectivity index (χ1v) is 8.27. The Hall–Kier alpha value is -2.10. The van der Waals surface area contributed by atoms with Crippen LogP contribution in [-0.4, -0.2) is 10.9 Å². The van der Waals surface area contributed by atoms with Gasteiger partial charge in [-0.15, -0.1) is 0 Å². The van der Waals surface area contributed by atoms with Gasteiger partial charge in [-0.2, -0.15) is 0 Å². The molecule has 0 aliphatic rings. The zero-order chi connectivity index (χ0) is 17.0. The lowest BCUT2D eigenvalue weighted by Crippen LogP contribution is -2.09. The Morgan fingerprint density at radius 2 is 2.04 bits per heavy atom. The summed E-state index contributed by atoms with van der Waals surface area (Å²) >= 11 is 0. The van der Waals surface area contributed by atoms with E-state index in [2.05, 4.69) is 13.8 Å². The molecule has 0 amide bonds. The fourth-order valence-electron chi connectivity index (χ4n) is 2.77. The van der Waals surface area contributed by atoms with Crippen molar-refractivity contribution in [1.29, 1.82) is 0 Å². The molecule has 0 radical (unpaired) electrons. The van der Waals surface area contributed by atoms with E-state index in [0.29, 0.717) is 23.3 Å². The maximum absolute atomic E-state index is 12.5. The first-order valence-electron chi connectivity index (χ1n) is 8.27. The molecule has 2 rings (SSSR count). The van der Waals surface area contributed by atoms with Crippen LogP contribution in [0.3, 0.4) is 0 Å². The molecule has 0 fully saturated rings. The summed E-state index contributed by atoms with van der Waals surface area (Å²) in [5.41, 5.74) is 0.389. The standard InChI is InChI=1S/C19H24O4/c1-4-6-7-13(5-2)10-16(20)14-8-9-15-17(11-14)23-19(22)12(3)18(15)21/h8-9,11,13,21H,4-7,10H2,1-3H3. The lowest BCUT2D eigenvalue weighted by molar-refractivity contribution is 0.0957. The van der Waals surface area contributed by atoms with Gasteiger partial charge >= 0.3 is 5.63 Å². The van der Waals surface area contributed by atoms with Gasteiger partial charge in [-0.3, -0.25) is 4.79 Å². The number of hydrogen-bond donors (Lipinski definition) is 1. The van der Waals surface area contributed by atoms with Gasteiger partial charge in [-0.05, 0) is 25.0 Å². The summed E-state index contributed by atoms with van der Waals surface area (Å²) in [6.45, 7) is 5.77. The van der Waals surface area contributed by atoms with E-state index in [1.54, 1.807) is 18.2 Å². The molecule has 0 bridgehead atoms. The predicted octanol–water partition coefficient (Wildman–Crippen LogP) is 4.60. The molecule has 0 aliphatic carbocycles. The number of fused-ring (bicyclic) bond motifs is 1. The van der Waals surface area contributed by atoms with Gasteiger partial charge in [0.15, 0.2) is 5.78 Å². The van der Waals surface area contributed by atoms with Crippen LogP contribution in [0.4, 0.5) is 0 Å². The Labute approximate surface area is 136 Å². The van der Waals surface area contributed by atoms with Crippen molar-refractivity contribution >= 4 is 16.8 Å². The van der Waals surface area contributed by atoms with Crippen molar-refractivity contribution in [2.24, 2.45) is 5.92 Å². The molecule has 1 N–H and O–H groups in total. The van der Waals surface area contributed by atoms with Crippen LogP contribution in [0, 0.1) is 12.8 Å². The average molecular weight is 316 g/mol. The molecule has 1 aromatic heterocycles. The van der Waals surface area contributed by atoms with Crippen molar-refractivity contribution < 1.29 is 14.3 Å². The molecule has 1 aromatic carbocycles. The molecule has 124 valence electrons. The van der Waals surface area contributed by atoms with E-state index in [-0.39, 0.29) is 22.7 Å². The molecule has 0 saturated heterocycles. The Morgan fingerprint density at radius 3 is 2.70 bits per heavy atom. The Bertz CT molecular complexity index is 758. The SMILES string of the molecule is CCCCC(CC)CC(=O)c1ccc2c(O)c(C)c(=O)oc2c1. The molecule has 0 aliphatic heterocycles. The third-order valence-corrected chi connectivity index (χ3v) is 4.44. The second-order valence-corrected chi connectivity index (χ2v) is 6.12. The van der Waals surface area contributed by atoms with Gasteiger partial charge in [0.2, 0.25) is 0 Å². The van der Waals surface area contributed by atoms with E-state index in [9.17, 15) is 14.7 Å². The van der Waals surface area contributed by atoms with Gasteiger partial charge in [0.25, 0.3) is 0 Å². The van der Waals surface area contributed by atoms with E-state index >= 15 is 0 Å². The van der Waals surface area contributed by atoms with Crippen LogP contribution in [-0.2, 0) is 0 Å². The van der Waals surface area contributed by atoms with Crippen LogP contribution in [0.2, 0.25) is 0 Å². The fraction of sp³-hybridized carbons (Fsp3) is 0.474. The first kappa shape index (κ1) is 17.3. The molecule has 0 spiro atoms. The molecule has 0 saturated carbocycles. The van der Waals surface area contributed by atoms with Crippen molar-refractivity contribution in [3.63, 3.8) is 0 Å². The molecule has 1 atom stereocenters. The highest BCUT2D eigenvalue weighted by atomic mass is 16.4. The molecule has 1 heterocycles. The smallest absolute Gasteiger partial charge is 0.342 e. The van der Waals surface area contributed by atoms with Crippen LogP contribution >= 0.6 is 0 Å². The van der Waals surface area contributed by atoms with Gasteiger partial charge in [-0.1, -0.05) is 45.6 Å². The number of benzene rings is 1. The maximum Gasteiger partial charge on any atom is 0.342 e. The number of rotatable bonds is 7. The number of aromatic hydroxyl groups is 1. The minimum absolute atomic E-state index is 0.0533. The van der Waals surface area contributed by atoms with E-state index < -0.39 is 5.63 Å². The highest BCUT2D eigenvalue weighted by molar-refractivity contribution is 5.99. The number of hydrogen-bond acceptors (Lipinski definition) is 4. The Morgan fingerprint density at radius 1 is 1.30 bits per heavy atom. The number of unbranched alkanes of at least 4 members (excludes halogenated alkanes) is 1. The Kier molecular flexibility index (Phi) is 5.59. The van der Waals surface area contributed by atoms with Crippen molar-refractivity contribution in [2.45, 2.75) is 52.9 Å². The third-order valence-electron chi connectivity index (χ3n) is 4.44. The van der Waals surface area contributed by atoms with Crippen LogP contribution in [0.15, 0.2) is 27.4 Å². The number of carbonyl (C=O) groups excluding carboxylic acids is 1. The van der Waals surface area contributed by atoms with Crippen molar-refractivity contribution in [3.05, 3.63) is 39.7 Å². The van der Waals surface area contributed by atoms with Gasteiger partial charge in [0, 0.05) is 12.0 Å². The summed E-state index contributed by atoms with van der Waals surface area (Å²) in [4.78, 5) is 24.1. The number of carbonyl (C=O) groups is 1. The van der Waals surface area contributed by atoms with Crippen LogP contribution in [0.25, 0.3) is 11.0 Å². The quantitative estimate of drug-likeness (QED) is 0.599. The lowest BCUT2D eigenvalue weighted by atomic mass is 9.91. The zero-order valence-corrected chi connectivity index (χ0v) is 14.0. The topological polar surface area (TPSA) is 67.5 Å². The zero-order valence-electron chi connectivity index (χ0n) is 14.0. The highest BCUT2D eigenvalue weighted by Gasteiger charge is 2.16. The van der Waals surface area contributed by atoms with Gasteiger partial charge < -0.3 is 9.52 Å². The molecule has 2 aromatic rings. The van der Waals surface area contributed by atoms with Gasteiger partial charge in [0.1, 0.15) is 11.3 Å². The van der Waals surface area contributed by atoms with E-state index in [4.69, 9.17) is 4.42 Å². The summed E-state index contributed by atoms with van der Waals surface area (Å²) in [7, 11) is 0. The van der Waals surface area contributed by atoms with Crippen molar-refractivity contribution in [3.8, 4) is 5.75 Å². The summed E-state index contributed by atoms with van der Waals surface area (Å²) in [5.74, 6) is 0.360. The average Bonchev–Trinajstić information content (AvgIpc) is 2.55. The van der Waals surface area contributed by atoms with Crippen LogP contribution < -0.4 is 5.63 Å². The molecule has 4 heteroatoms. The number of Topliss-reactive ketones (excluding diaryl/α,β-unsaturated/α-hetero) is 1. The van der Waals surface area contributed by atoms with Crippen LogP contribution in [0.1, 0.15) is 61.9 Å². The monoisotopic (exact) mass is 316 g/mol. The molecular formula is C19H24O4. The van der Waals surface area contributed by atoms with Crippen molar-refractivity contribution in [1.82, 2.24) is 0 Å². The fourth-order valence-corrected chi connectivity index (χ4v) is 2.77. The Balaban J connectivity index is 2.28. The summed E-state index contributed by atoms with van der Waals surface area (Å²) < 4.78 is 5.19. The lowest BCUT2D eigenvalue weighted by Gasteiger charge is -2.13. The first-order chi connectivity index (χ1) is 11.0. The second kappa shape index (κ2) is 7.44. The van der Waals surface area contributed by atoms with E-state index in [0.717, 1.165) is 25.7 Å². The van der Waals surface area contributed by atoms with E-state index in [1.165, 1.54) is 6.92 Å². The third kappa shape index (κ3) is 3.81. The van der Waals surface area contributed by atoms with Gasteiger partial charge in [0.05, 0.1) is 10.9 Å². The highest BCUT2D eigenvalue weighted by Crippen LogP contribution is 2.27. The number of ketones is 1. The minimum Gasteiger partial charge on any atom is -0.507 e.